The van der Waals surface area contributed by atoms with Gasteiger partial charge in [0, 0.05) is 4.91 Å². The number of rotatable bonds is 7. The van der Waals surface area contributed by atoms with Crippen LogP contribution < -0.4 is 9.47 Å². The van der Waals surface area contributed by atoms with Crippen molar-refractivity contribution in [2.75, 3.05) is 19.8 Å². The Morgan fingerprint density at radius 1 is 1.12 bits per heavy atom. The Bertz CT molecular complexity index is 1120. The summed E-state index contributed by atoms with van der Waals surface area (Å²) in [4.78, 5) is 30.3. The molecule has 34 heavy (non-hydrogen) atoms. The number of amides is 2. The van der Waals surface area contributed by atoms with Crippen molar-refractivity contribution in [1.29, 1.82) is 0 Å². The van der Waals surface area contributed by atoms with E-state index >= 15 is 0 Å². The van der Waals surface area contributed by atoms with Gasteiger partial charge in [0.2, 0.25) is 5.91 Å². The van der Waals surface area contributed by atoms with E-state index in [0.29, 0.717) is 30.3 Å². The number of cyclic esters (lactones) is 1. The summed E-state index contributed by atoms with van der Waals surface area (Å²) >= 11 is 0. The lowest BCUT2D eigenvalue weighted by Crippen LogP contribution is -2.45. The van der Waals surface area contributed by atoms with Crippen molar-refractivity contribution in [3.63, 3.8) is 0 Å². The summed E-state index contributed by atoms with van der Waals surface area (Å²) in [6, 6.07) is 12.3. The maximum absolute atomic E-state index is 13.8. The minimum absolute atomic E-state index is 0.0150. The van der Waals surface area contributed by atoms with Gasteiger partial charge in [-0.3, -0.25) is 4.79 Å². The molecule has 1 saturated heterocycles. The van der Waals surface area contributed by atoms with E-state index in [-0.39, 0.29) is 6.61 Å². The van der Waals surface area contributed by atoms with Crippen molar-refractivity contribution < 1.29 is 28.2 Å². The smallest absolute Gasteiger partial charge is 0.417 e. The average Bonchev–Trinajstić information content (AvgIpc) is 3.22. The molecule has 11 heteroatoms. The molecule has 0 N–H and O–H groups in total. The van der Waals surface area contributed by atoms with E-state index in [1.165, 1.54) is 0 Å². The first-order valence-corrected chi connectivity index (χ1v) is 14.4. The fraction of sp³-hybridized carbons (Fsp3) is 0.391. The van der Waals surface area contributed by atoms with Crippen molar-refractivity contribution >= 4 is 20.3 Å². The first kappa shape index (κ1) is 23.6. The van der Waals surface area contributed by atoms with Crippen molar-refractivity contribution in [1.82, 2.24) is 4.90 Å². The van der Waals surface area contributed by atoms with E-state index in [9.17, 15) is 15.1 Å². The lowest BCUT2D eigenvalue weighted by atomic mass is 9.99. The highest BCUT2D eigenvalue weighted by atomic mass is 28.4. The van der Waals surface area contributed by atoms with Crippen LogP contribution in [0.4, 0.5) is 4.79 Å². The molecule has 0 unspecified atom stereocenters. The summed E-state index contributed by atoms with van der Waals surface area (Å²) in [6.07, 6.45) is -1.72. The Balaban J connectivity index is 1.74. The predicted molar refractivity (Wildman–Crippen MR) is 125 cm³/mol. The highest BCUT2D eigenvalue weighted by Crippen LogP contribution is 2.38. The molecule has 0 radical (unpaired) electrons. The molecular formula is C23H26N4O6Si. The van der Waals surface area contributed by atoms with Gasteiger partial charge in [-0.2, -0.15) is 0 Å². The van der Waals surface area contributed by atoms with E-state index in [4.69, 9.17) is 18.6 Å². The second-order valence-corrected chi connectivity index (χ2v) is 13.4. The van der Waals surface area contributed by atoms with Crippen LogP contribution in [0.25, 0.3) is 10.4 Å². The Kier molecular flexibility index (Phi) is 6.78. The van der Waals surface area contributed by atoms with Gasteiger partial charge in [-0.25, -0.2) is 9.69 Å². The van der Waals surface area contributed by atoms with Gasteiger partial charge in [0.05, 0.1) is 6.10 Å². The van der Waals surface area contributed by atoms with Crippen LogP contribution >= 0.6 is 0 Å². The summed E-state index contributed by atoms with van der Waals surface area (Å²) < 4.78 is 22.9. The number of carbonyl (C=O) groups is 2. The highest BCUT2D eigenvalue weighted by Gasteiger charge is 2.45. The second kappa shape index (κ2) is 9.76. The molecule has 1 fully saturated rings. The molecule has 178 valence electrons. The summed E-state index contributed by atoms with van der Waals surface area (Å²) in [5.74, 6) is 0.413. The van der Waals surface area contributed by atoms with E-state index < -0.39 is 38.5 Å². The Morgan fingerprint density at radius 3 is 2.50 bits per heavy atom. The SMILES string of the molecule is C[Si](C)(C)O[C@H](c1ccc2c(c1)OCCO2)[C@H](N=[N+]=[N-])C(=O)N1C(=O)OC[C@@H]1c1ccccc1. The molecule has 2 heterocycles. The zero-order valence-corrected chi connectivity index (χ0v) is 20.2. The van der Waals surface area contributed by atoms with Gasteiger partial charge in [-0.1, -0.05) is 41.5 Å². The van der Waals surface area contributed by atoms with Crippen LogP contribution in [0.5, 0.6) is 11.5 Å². The predicted octanol–water partition coefficient (Wildman–Crippen LogP) is 4.75. The minimum Gasteiger partial charge on any atom is -0.486 e. The third kappa shape index (κ3) is 5.01. The van der Waals surface area contributed by atoms with E-state index in [2.05, 4.69) is 10.0 Å². The molecule has 2 aromatic rings. The van der Waals surface area contributed by atoms with Gasteiger partial charge in [0.1, 0.15) is 31.9 Å². The number of nitrogens with zero attached hydrogens (tertiary/aromatic N) is 4. The fourth-order valence-corrected chi connectivity index (χ4v) is 4.98. The molecule has 10 nitrogen and oxygen atoms in total. The lowest BCUT2D eigenvalue weighted by molar-refractivity contribution is -0.133. The van der Waals surface area contributed by atoms with Gasteiger partial charge >= 0.3 is 6.09 Å². The van der Waals surface area contributed by atoms with Crippen LogP contribution in [0.15, 0.2) is 53.6 Å². The second-order valence-electron chi connectivity index (χ2n) is 8.92. The number of fused-ring (bicyclic) bond motifs is 1. The van der Waals surface area contributed by atoms with Gasteiger partial charge in [0.15, 0.2) is 19.8 Å². The van der Waals surface area contributed by atoms with Crippen molar-refractivity contribution in [2.45, 2.75) is 37.8 Å². The van der Waals surface area contributed by atoms with E-state index in [1.807, 2.05) is 50.0 Å². The van der Waals surface area contributed by atoms with Crippen LogP contribution in [-0.4, -0.2) is 51.1 Å². The summed E-state index contributed by atoms with van der Waals surface area (Å²) in [5.41, 5.74) is 10.7. The maximum atomic E-state index is 13.8. The van der Waals surface area contributed by atoms with Crippen LogP contribution in [0.2, 0.25) is 19.6 Å². The van der Waals surface area contributed by atoms with Crippen molar-refractivity contribution in [3.8, 4) is 11.5 Å². The number of ether oxygens (including phenoxy) is 3. The molecule has 0 bridgehead atoms. The van der Waals surface area contributed by atoms with Crippen LogP contribution in [0.3, 0.4) is 0 Å². The topological polar surface area (TPSA) is 123 Å². The Labute approximate surface area is 198 Å². The van der Waals surface area contributed by atoms with Crippen LogP contribution in [-0.2, 0) is 14.0 Å². The molecule has 0 aromatic heterocycles. The number of hydrogen-bond donors (Lipinski definition) is 0. The molecule has 2 aliphatic rings. The van der Waals surface area contributed by atoms with Crippen LogP contribution in [0.1, 0.15) is 23.3 Å². The van der Waals surface area contributed by atoms with Gasteiger partial charge in [-0.05, 0) is 48.4 Å². The number of imide groups is 1. The summed E-state index contributed by atoms with van der Waals surface area (Å²) in [6.45, 7) is 6.75. The fourth-order valence-electron chi connectivity index (χ4n) is 3.96. The average molecular weight is 483 g/mol. The minimum atomic E-state index is -2.26. The zero-order chi connectivity index (χ0) is 24.3. The quantitative estimate of drug-likeness (QED) is 0.243. The summed E-state index contributed by atoms with van der Waals surface area (Å²) in [5, 5.41) is 3.81. The largest absolute Gasteiger partial charge is 0.486 e. The normalized spacial score (nSPS) is 19.1. The molecule has 2 aliphatic heterocycles. The zero-order valence-electron chi connectivity index (χ0n) is 19.2. The first-order valence-electron chi connectivity index (χ1n) is 10.9. The van der Waals surface area contributed by atoms with Gasteiger partial charge in [-0.15, -0.1) is 0 Å². The molecular weight excluding hydrogens is 456 g/mol. The number of azide groups is 1. The Hall–Kier alpha value is -3.53. The lowest BCUT2D eigenvalue weighted by Gasteiger charge is -2.33. The van der Waals surface area contributed by atoms with Gasteiger partial charge < -0.3 is 18.6 Å². The monoisotopic (exact) mass is 482 g/mol. The van der Waals surface area contributed by atoms with Gasteiger partial charge in [0.25, 0.3) is 0 Å². The molecule has 2 aromatic carbocycles. The van der Waals surface area contributed by atoms with Crippen molar-refractivity contribution in [3.05, 3.63) is 70.1 Å². The third-order valence-electron chi connectivity index (χ3n) is 5.39. The van der Waals surface area contributed by atoms with E-state index in [1.54, 1.807) is 18.2 Å². The highest BCUT2D eigenvalue weighted by molar-refractivity contribution is 6.69. The number of carbonyl (C=O) groups excluding carboxylic acids is 2. The number of hydrogen-bond acceptors (Lipinski definition) is 7. The molecule has 0 saturated carbocycles. The number of benzene rings is 2. The van der Waals surface area contributed by atoms with Crippen molar-refractivity contribution in [2.24, 2.45) is 5.11 Å². The third-order valence-corrected chi connectivity index (χ3v) is 6.35. The Morgan fingerprint density at radius 2 is 1.82 bits per heavy atom. The molecule has 0 aliphatic carbocycles. The molecule has 0 spiro atoms. The molecule has 4 rings (SSSR count). The van der Waals surface area contributed by atoms with Crippen LogP contribution in [0, 0.1) is 0 Å². The molecule has 2 amide bonds. The summed E-state index contributed by atoms with van der Waals surface area (Å²) in [7, 11) is -2.26. The molecule has 3 atom stereocenters. The first-order chi connectivity index (χ1) is 16.3. The standard InChI is InChI=1S/C23H26N4O6Si/c1-34(2,3)33-21(16-9-10-18-19(13-16)31-12-11-30-18)20(25-26-24)22(28)27-17(14-32-23(27)29)15-7-5-4-6-8-15/h4-10,13,17,20-21H,11-12,14H2,1-3H3/t17-,20+,21-/m1/s1. The maximum Gasteiger partial charge on any atom is 0.417 e. The van der Waals surface area contributed by atoms with E-state index in [0.717, 1.165) is 10.5 Å².